The van der Waals surface area contributed by atoms with Crippen molar-refractivity contribution in [1.29, 1.82) is 0 Å². The van der Waals surface area contributed by atoms with E-state index in [1.165, 1.54) is 16.6 Å². The number of nitrogens with two attached hydrogens (primary N) is 1. The first-order valence-corrected chi connectivity index (χ1v) is 6.12. The van der Waals surface area contributed by atoms with Crippen molar-refractivity contribution in [1.82, 2.24) is 0 Å². The number of allylic oxidation sites excluding steroid dienone is 2. The van der Waals surface area contributed by atoms with Crippen molar-refractivity contribution in [2.24, 2.45) is 5.73 Å². The highest BCUT2D eigenvalue weighted by Gasteiger charge is 1.94. The molecule has 1 rings (SSSR count). The van der Waals surface area contributed by atoms with Crippen molar-refractivity contribution in [3.05, 3.63) is 44.5 Å². The summed E-state index contributed by atoms with van der Waals surface area (Å²) >= 11 is 3.10. The van der Waals surface area contributed by atoms with Gasteiger partial charge < -0.3 is 5.73 Å². The Morgan fingerprint density at radius 3 is 2.80 bits per heavy atom. The monoisotopic (exact) mass is 235 g/mol. The zero-order chi connectivity index (χ0) is 11.3. The topological polar surface area (TPSA) is 26.0 Å². The molecule has 78 valence electrons. The van der Waals surface area contributed by atoms with Crippen LogP contribution in [-0.4, -0.2) is 0 Å². The third-order valence-electron chi connectivity index (χ3n) is 1.55. The number of thioether (sulfide) groups is 1. The highest BCUT2D eigenvalue weighted by Crippen LogP contribution is 2.20. The second-order valence-electron chi connectivity index (χ2n) is 2.88. The van der Waals surface area contributed by atoms with Crippen LogP contribution in [0.3, 0.4) is 0 Å². The SMILES string of the molecule is C=C(N)S/C(C#Cc1ccc(C)s1)=C\C. The van der Waals surface area contributed by atoms with Crippen LogP contribution in [0.5, 0.6) is 0 Å². The van der Waals surface area contributed by atoms with Gasteiger partial charge >= 0.3 is 0 Å². The largest absolute Gasteiger partial charge is 0.394 e. The molecule has 0 aliphatic carbocycles. The standard InChI is InChI=1S/C12H13NS2/c1-4-11(15-10(3)13)7-8-12-6-5-9(2)14-12/h4-6H,3,13H2,1-2H3/b11-4-. The van der Waals surface area contributed by atoms with Crippen LogP contribution in [0.25, 0.3) is 0 Å². The molecule has 15 heavy (non-hydrogen) atoms. The highest BCUT2D eigenvalue weighted by atomic mass is 32.2. The van der Waals surface area contributed by atoms with Crippen molar-refractivity contribution < 1.29 is 0 Å². The van der Waals surface area contributed by atoms with Crippen LogP contribution in [0, 0.1) is 18.8 Å². The molecule has 0 aromatic carbocycles. The third kappa shape index (κ3) is 4.28. The Morgan fingerprint density at radius 1 is 1.60 bits per heavy atom. The van der Waals surface area contributed by atoms with Crippen molar-refractivity contribution >= 4 is 23.1 Å². The van der Waals surface area contributed by atoms with Gasteiger partial charge in [-0.3, -0.25) is 0 Å². The van der Waals surface area contributed by atoms with Gasteiger partial charge in [0, 0.05) is 4.88 Å². The maximum Gasteiger partial charge on any atom is 0.0775 e. The van der Waals surface area contributed by atoms with Gasteiger partial charge in [0.05, 0.1) is 14.8 Å². The molecule has 0 unspecified atom stereocenters. The second-order valence-corrected chi connectivity index (χ2v) is 5.34. The lowest BCUT2D eigenvalue weighted by Crippen LogP contribution is -1.88. The molecule has 0 aliphatic rings. The summed E-state index contributed by atoms with van der Waals surface area (Å²) in [5.74, 6) is 6.18. The fourth-order valence-electron chi connectivity index (χ4n) is 0.923. The molecular formula is C12H13NS2. The minimum Gasteiger partial charge on any atom is -0.394 e. The lowest BCUT2D eigenvalue weighted by Gasteiger charge is -1.95. The van der Waals surface area contributed by atoms with E-state index < -0.39 is 0 Å². The summed E-state index contributed by atoms with van der Waals surface area (Å²) in [6, 6.07) is 4.10. The van der Waals surface area contributed by atoms with E-state index in [1.807, 2.05) is 19.1 Å². The summed E-state index contributed by atoms with van der Waals surface area (Å²) in [5.41, 5.74) is 5.50. The molecule has 0 spiro atoms. The molecule has 0 bridgehead atoms. The summed E-state index contributed by atoms with van der Waals surface area (Å²) in [6.07, 6.45) is 1.94. The van der Waals surface area contributed by atoms with Gasteiger partial charge in [0.1, 0.15) is 0 Å². The minimum absolute atomic E-state index is 0.569. The lowest BCUT2D eigenvalue weighted by molar-refractivity contribution is 1.58. The van der Waals surface area contributed by atoms with Crippen LogP contribution in [0.2, 0.25) is 0 Å². The van der Waals surface area contributed by atoms with E-state index in [4.69, 9.17) is 5.73 Å². The van der Waals surface area contributed by atoms with Gasteiger partial charge in [-0.1, -0.05) is 36.3 Å². The van der Waals surface area contributed by atoms with Crippen LogP contribution in [-0.2, 0) is 0 Å². The average Bonchev–Trinajstić information content (AvgIpc) is 2.58. The van der Waals surface area contributed by atoms with Gasteiger partial charge in [-0.05, 0) is 26.0 Å². The Balaban J connectivity index is 2.75. The van der Waals surface area contributed by atoms with Gasteiger partial charge in [0.2, 0.25) is 0 Å². The zero-order valence-electron chi connectivity index (χ0n) is 8.83. The molecule has 0 fully saturated rings. The Bertz CT molecular complexity index is 444. The van der Waals surface area contributed by atoms with Gasteiger partial charge in [-0.2, -0.15) is 0 Å². The summed E-state index contributed by atoms with van der Waals surface area (Å²) < 4.78 is 0. The van der Waals surface area contributed by atoms with Gasteiger partial charge in [-0.25, -0.2) is 0 Å². The summed E-state index contributed by atoms with van der Waals surface area (Å²) in [6.45, 7) is 7.65. The molecule has 1 aromatic rings. The zero-order valence-corrected chi connectivity index (χ0v) is 10.5. The van der Waals surface area contributed by atoms with Crippen LogP contribution >= 0.6 is 23.1 Å². The lowest BCUT2D eigenvalue weighted by atomic mass is 10.4. The van der Waals surface area contributed by atoms with Crippen molar-refractivity contribution in [3.63, 3.8) is 0 Å². The minimum atomic E-state index is 0.569. The molecule has 1 aromatic heterocycles. The molecular weight excluding hydrogens is 222 g/mol. The normalized spacial score (nSPS) is 10.7. The fourth-order valence-corrected chi connectivity index (χ4v) is 2.15. The van der Waals surface area contributed by atoms with E-state index in [1.54, 1.807) is 11.3 Å². The molecule has 0 saturated carbocycles. The van der Waals surface area contributed by atoms with Crippen LogP contribution in [0.15, 0.2) is 34.7 Å². The second kappa shape index (κ2) is 5.69. The van der Waals surface area contributed by atoms with Crippen molar-refractivity contribution in [3.8, 4) is 11.8 Å². The Hall–Kier alpha value is -1.11. The average molecular weight is 235 g/mol. The predicted octanol–water partition coefficient (Wildman–Crippen LogP) is 3.47. The van der Waals surface area contributed by atoms with Crippen molar-refractivity contribution in [2.75, 3.05) is 0 Å². The first-order valence-electron chi connectivity index (χ1n) is 4.49. The maximum atomic E-state index is 5.50. The smallest absolute Gasteiger partial charge is 0.0775 e. The summed E-state index contributed by atoms with van der Waals surface area (Å²) in [4.78, 5) is 3.29. The van der Waals surface area contributed by atoms with Crippen LogP contribution in [0.4, 0.5) is 0 Å². The molecule has 1 heterocycles. The molecule has 0 radical (unpaired) electrons. The van der Waals surface area contributed by atoms with Gasteiger partial charge in [0.15, 0.2) is 0 Å². The Labute approximate surface area is 99.1 Å². The molecule has 2 N–H and O–H groups in total. The number of hydrogen-bond donors (Lipinski definition) is 1. The molecule has 0 aliphatic heterocycles. The van der Waals surface area contributed by atoms with E-state index in [2.05, 4.69) is 31.4 Å². The number of thiophene rings is 1. The number of aryl methyl sites for hydroxylation is 1. The third-order valence-corrected chi connectivity index (χ3v) is 3.29. The molecule has 1 nitrogen and oxygen atoms in total. The van der Waals surface area contributed by atoms with Gasteiger partial charge in [0.25, 0.3) is 0 Å². The Morgan fingerprint density at radius 2 is 2.33 bits per heavy atom. The molecule has 3 heteroatoms. The predicted molar refractivity (Wildman–Crippen MR) is 70.6 cm³/mol. The van der Waals surface area contributed by atoms with E-state index in [0.29, 0.717) is 5.03 Å². The van der Waals surface area contributed by atoms with Gasteiger partial charge in [-0.15, -0.1) is 11.3 Å². The number of rotatable bonds is 2. The molecule has 0 amide bonds. The quantitative estimate of drug-likeness (QED) is 0.794. The molecule has 0 atom stereocenters. The fraction of sp³-hybridized carbons (Fsp3) is 0.167. The van der Waals surface area contributed by atoms with E-state index in [-0.39, 0.29) is 0 Å². The van der Waals surface area contributed by atoms with Crippen LogP contribution < -0.4 is 5.73 Å². The maximum absolute atomic E-state index is 5.50. The first kappa shape index (κ1) is 12.0. The van der Waals surface area contributed by atoms with E-state index in [0.717, 1.165) is 9.78 Å². The summed E-state index contributed by atoms with van der Waals surface area (Å²) in [7, 11) is 0. The van der Waals surface area contributed by atoms with E-state index >= 15 is 0 Å². The number of hydrogen-bond acceptors (Lipinski definition) is 3. The van der Waals surface area contributed by atoms with E-state index in [9.17, 15) is 0 Å². The molecule has 0 saturated heterocycles. The Kier molecular flexibility index (Phi) is 4.54. The van der Waals surface area contributed by atoms with Crippen molar-refractivity contribution in [2.45, 2.75) is 13.8 Å². The first-order chi connectivity index (χ1) is 7.11. The summed E-state index contributed by atoms with van der Waals surface area (Å²) in [5, 5.41) is 0.569. The highest BCUT2D eigenvalue weighted by molar-refractivity contribution is 8.06. The van der Waals surface area contributed by atoms with Crippen LogP contribution in [0.1, 0.15) is 16.7 Å².